The van der Waals surface area contributed by atoms with E-state index in [1.165, 1.54) is 72.6 Å². The number of nitrogens with one attached hydrogen (secondary N) is 1. The van der Waals surface area contributed by atoms with Crippen molar-refractivity contribution in [3.05, 3.63) is 236 Å². The van der Waals surface area contributed by atoms with Crippen molar-refractivity contribution in [2.75, 3.05) is 10.2 Å². The summed E-state index contributed by atoms with van der Waals surface area (Å²) in [6.45, 7) is 2.38. The SMILES string of the molecule is CC12C=CC(c3ccc(Nc4ccccc4-c4ccccc4)cc3)=CC1c1ccc(-c3ccc(-c4ccc(-c5ccccc5)cc4)cc3)cc1N2c1ccccc1. The molecule has 2 atom stereocenters. The van der Waals surface area contributed by atoms with Gasteiger partial charge in [-0.2, -0.15) is 0 Å². The summed E-state index contributed by atoms with van der Waals surface area (Å²) in [5.41, 5.74) is 17.9. The van der Waals surface area contributed by atoms with Crippen molar-refractivity contribution in [1.82, 2.24) is 0 Å². The quantitative estimate of drug-likeness (QED) is 0.167. The second kappa shape index (κ2) is 14.5. The molecule has 1 aliphatic carbocycles. The number of anilines is 4. The van der Waals surface area contributed by atoms with E-state index in [1.54, 1.807) is 0 Å². The van der Waals surface area contributed by atoms with Crippen LogP contribution in [0.15, 0.2) is 224 Å². The maximum atomic E-state index is 3.67. The predicted molar refractivity (Wildman–Crippen MR) is 241 cm³/mol. The third kappa shape index (κ3) is 6.46. The first-order valence-corrected chi connectivity index (χ1v) is 19.8. The molecule has 0 radical (unpaired) electrons. The summed E-state index contributed by atoms with van der Waals surface area (Å²) >= 11 is 0. The molecule has 8 aromatic carbocycles. The van der Waals surface area contributed by atoms with E-state index in [-0.39, 0.29) is 11.5 Å². The number of para-hydroxylation sites is 2. The van der Waals surface area contributed by atoms with E-state index in [9.17, 15) is 0 Å². The maximum Gasteiger partial charge on any atom is 0.0712 e. The van der Waals surface area contributed by atoms with Gasteiger partial charge in [0.1, 0.15) is 0 Å². The molecule has 0 saturated heterocycles. The van der Waals surface area contributed by atoms with Crippen LogP contribution in [0, 0.1) is 0 Å². The fraction of sp³-hybridized carbons (Fsp3) is 0.0545. The highest BCUT2D eigenvalue weighted by molar-refractivity contribution is 5.87. The van der Waals surface area contributed by atoms with Crippen LogP contribution in [-0.2, 0) is 0 Å². The van der Waals surface area contributed by atoms with E-state index < -0.39 is 0 Å². The standard InChI is InChI=1S/C55H42N2/c1-55-36-35-47(44-29-32-48(33-30-44)56-53-20-12-11-19-50(53)45-15-7-3-8-16-45)37-52(55)51-34-31-46(38-54(51)57(55)49-17-9-4-10-18-49)43-27-25-42(26-28-43)41-23-21-40(22-24-41)39-13-5-2-6-14-39/h2-38,52,56H,1H3. The van der Waals surface area contributed by atoms with Gasteiger partial charge in [0.15, 0.2) is 0 Å². The van der Waals surface area contributed by atoms with Crippen LogP contribution in [-0.4, -0.2) is 5.54 Å². The summed E-state index contributed by atoms with van der Waals surface area (Å²) in [6, 6.07) is 74.2. The van der Waals surface area contributed by atoms with Crippen molar-refractivity contribution in [1.29, 1.82) is 0 Å². The minimum atomic E-state index is -0.260. The van der Waals surface area contributed by atoms with Crippen LogP contribution in [0.4, 0.5) is 22.7 Å². The lowest BCUT2D eigenvalue weighted by atomic mass is 9.77. The number of rotatable bonds is 8. The monoisotopic (exact) mass is 730 g/mol. The highest BCUT2D eigenvalue weighted by Gasteiger charge is 2.47. The van der Waals surface area contributed by atoms with Crippen molar-refractivity contribution in [2.24, 2.45) is 0 Å². The molecule has 0 spiro atoms. The number of nitrogens with zero attached hydrogens (tertiary/aromatic N) is 1. The van der Waals surface area contributed by atoms with Gasteiger partial charge in [-0.1, -0.05) is 188 Å². The molecule has 0 bridgehead atoms. The molecular formula is C55H42N2. The van der Waals surface area contributed by atoms with Crippen molar-refractivity contribution in [2.45, 2.75) is 18.4 Å². The third-order valence-electron chi connectivity index (χ3n) is 11.7. The van der Waals surface area contributed by atoms with E-state index in [0.29, 0.717) is 0 Å². The van der Waals surface area contributed by atoms with Crippen LogP contribution in [0.3, 0.4) is 0 Å². The Bertz CT molecular complexity index is 2730. The van der Waals surface area contributed by atoms with E-state index in [2.05, 4.69) is 242 Å². The normalized spacial score (nSPS) is 16.8. The third-order valence-corrected chi connectivity index (χ3v) is 11.7. The van der Waals surface area contributed by atoms with Gasteiger partial charge in [-0.05, 0) is 99.0 Å². The van der Waals surface area contributed by atoms with Crippen LogP contribution in [0.5, 0.6) is 0 Å². The van der Waals surface area contributed by atoms with Crippen LogP contribution < -0.4 is 10.2 Å². The summed E-state index contributed by atoms with van der Waals surface area (Å²) in [6.07, 6.45) is 7.21. The molecule has 10 rings (SSSR count). The van der Waals surface area contributed by atoms with Crippen LogP contribution in [0.1, 0.15) is 24.0 Å². The summed E-state index contributed by atoms with van der Waals surface area (Å²) in [5.74, 6) is 0.179. The van der Waals surface area contributed by atoms with Crippen molar-refractivity contribution in [3.63, 3.8) is 0 Å². The average molecular weight is 731 g/mol. The van der Waals surface area contributed by atoms with Gasteiger partial charge in [0, 0.05) is 34.2 Å². The van der Waals surface area contributed by atoms with Crippen molar-refractivity contribution >= 4 is 28.3 Å². The zero-order chi connectivity index (χ0) is 38.2. The Morgan fingerprint density at radius 1 is 0.456 bits per heavy atom. The van der Waals surface area contributed by atoms with Gasteiger partial charge in [-0.3, -0.25) is 0 Å². The first-order chi connectivity index (χ1) is 28.1. The number of fused-ring (bicyclic) bond motifs is 3. The minimum absolute atomic E-state index is 0.179. The molecule has 2 heteroatoms. The Labute approximate surface area is 335 Å². The second-order valence-electron chi connectivity index (χ2n) is 15.2. The Morgan fingerprint density at radius 3 is 1.58 bits per heavy atom. The molecule has 2 unspecified atom stereocenters. The minimum Gasteiger partial charge on any atom is -0.355 e. The molecule has 0 amide bonds. The lowest BCUT2D eigenvalue weighted by Crippen LogP contribution is -2.42. The average Bonchev–Trinajstić information content (AvgIpc) is 3.55. The van der Waals surface area contributed by atoms with Crippen molar-refractivity contribution < 1.29 is 0 Å². The van der Waals surface area contributed by atoms with E-state index in [0.717, 1.165) is 11.4 Å². The Kier molecular flexibility index (Phi) is 8.73. The smallest absolute Gasteiger partial charge is 0.0712 e. The van der Waals surface area contributed by atoms with Gasteiger partial charge >= 0.3 is 0 Å². The van der Waals surface area contributed by atoms with Gasteiger partial charge in [-0.15, -0.1) is 0 Å². The van der Waals surface area contributed by atoms with Crippen LogP contribution in [0.25, 0.3) is 50.1 Å². The van der Waals surface area contributed by atoms with E-state index in [4.69, 9.17) is 0 Å². The second-order valence-corrected chi connectivity index (χ2v) is 15.2. The first-order valence-electron chi connectivity index (χ1n) is 19.8. The summed E-state index contributed by atoms with van der Waals surface area (Å²) < 4.78 is 0. The van der Waals surface area contributed by atoms with Gasteiger partial charge in [0.2, 0.25) is 0 Å². The highest BCUT2D eigenvalue weighted by Crippen LogP contribution is 2.56. The van der Waals surface area contributed by atoms with Crippen LogP contribution in [0.2, 0.25) is 0 Å². The van der Waals surface area contributed by atoms with E-state index in [1.807, 2.05) is 0 Å². The molecule has 2 aliphatic rings. The molecule has 0 saturated carbocycles. The summed E-state index contributed by atoms with van der Waals surface area (Å²) in [4.78, 5) is 2.54. The number of allylic oxidation sites excluding steroid dienone is 2. The Hall–Kier alpha value is -7.16. The van der Waals surface area contributed by atoms with Crippen molar-refractivity contribution in [3.8, 4) is 44.5 Å². The summed E-state index contributed by atoms with van der Waals surface area (Å²) in [7, 11) is 0. The first kappa shape index (κ1) is 34.3. The van der Waals surface area contributed by atoms with Gasteiger partial charge in [-0.25, -0.2) is 0 Å². The number of hydrogen-bond donors (Lipinski definition) is 1. The molecular weight excluding hydrogens is 689 g/mol. The molecule has 1 N–H and O–H groups in total. The lowest BCUT2D eigenvalue weighted by molar-refractivity contribution is 0.544. The topological polar surface area (TPSA) is 15.3 Å². The Balaban J connectivity index is 0.939. The zero-order valence-electron chi connectivity index (χ0n) is 31.9. The van der Waals surface area contributed by atoms with Gasteiger partial charge in [0.25, 0.3) is 0 Å². The fourth-order valence-electron chi connectivity index (χ4n) is 8.71. The molecule has 1 aliphatic heterocycles. The molecule has 272 valence electrons. The molecule has 0 fully saturated rings. The molecule has 8 aromatic rings. The molecule has 2 nitrogen and oxygen atoms in total. The number of benzene rings is 8. The van der Waals surface area contributed by atoms with Gasteiger partial charge < -0.3 is 10.2 Å². The largest absolute Gasteiger partial charge is 0.355 e. The zero-order valence-corrected chi connectivity index (χ0v) is 31.9. The predicted octanol–water partition coefficient (Wildman–Crippen LogP) is 14.7. The van der Waals surface area contributed by atoms with E-state index >= 15 is 0 Å². The number of hydrogen-bond acceptors (Lipinski definition) is 2. The highest BCUT2D eigenvalue weighted by atomic mass is 15.2. The molecule has 0 aromatic heterocycles. The molecule has 1 heterocycles. The lowest BCUT2D eigenvalue weighted by Gasteiger charge is -2.40. The Morgan fingerprint density at radius 2 is 0.947 bits per heavy atom. The summed E-state index contributed by atoms with van der Waals surface area (Å²) in [5, 5.41) is 3.67. The maximum absolute atomic E-state index is 3.67. The fourth-order valence-corrected chi connectivity index (χ4v) is 8.71. The van der Waals surface area contributed by atoms with Crippen LogP contribution >= 0.6 is 0 Å². The molecule has 57 heavy (non-hydrogen) atoms. The van der Waals surface area contributed by atoms with Gasteiger partial charge in [0.05, 0.1) is 5.54 Å².